The molecular formula is C16H15ClFN. The molecule has 1 heterocycles. The minimum Gasteiger partial charge on any atom is -0.259 e. The Balaban J connectivity index is 2.35. The molecule has 0 bridgehead atoms. The summed E-state index contributed by atoms with van der Waals surface area (Å²) < 4.78 is 13.4. The molecule has 0 aliphatic heterocycles. The largest absolute Gasteiger partial charge is 0.259 e. The van der Waals surface area contributed by atoms with Gasteiger partial charge in [0.05, 0.1) is 5.69 Å². The normalized spacial score (nSPS) is 12.1. The van der Waals surface area contributed by atoms with Crippen LogP contribution in [0.3, 0.4) is 0 Å². The summed E-state index contributed by atoms with van der Waals surface area (Å²) >= 11 is 6.46. The van der Waals surface area contributed by atoms with E-state index in [1.165, 1.54) is 12.1 Å². The van der Waals surface area contributed by atoms with Crippen LogP contribution in [-0.2, 0) is 6.42 Å². The second-order valence-electron chi connectivity index (χ2n) is 4.29. The van der Waals surface area contributed by atoms with Crippen LogP contribution in [0.25, 0.3) is 0 Å². The number of alkyl halides is 1. The summed E-state index contributed by atoms with van der Waals surface area (Å²) in [6, 6.07) is 10.3. The average Bonchev–Trinajstić information content (AvgIpc) is 2.45. The van der Waals surface area contributed by atoms with E-state index in [4.69, 9.17) is 11.6 Å². The van der Waals surface area contributed by atoms with Crippen LogP contribution in [0, 0.1) is 5.82 Å². The van der Waals surface area contributed by atoms with E-state index in [-0.39, 0.29) is 11.2 Å². The smallest absolute Gasteiger partial charge is 0.123 e. The maximum absolute atomic E-state index is 13.4. The minimum atomic E-state index is -0.360. The third kappa shape index (κ3) is 3.42. The van der Waals surface area contributed by atoms with Crippen LogP contribution in [0.15, 0.2) is 55.3 Å². The first kappa shape index (κ1) is 13.8. The molecule has 0 saturated carbocycles. The number of nitrogens with zero attached hydrogens (tertiary/aromatic N) is 1. The summed E-state index contributed by atoms with van der Waals surface area (Å²) in [5.41, 5.74) is 2.59. The SMILES string of the molecule is C=CCCc1cc(F)ccc1C(Cl)c1ccccn1. The Kier molecular flexibility index (Phi) is 4.69. The molecule has 0 amide bonds. The first-order chi connectivity index (χ1) is 9.22. The Bertz CT molecular complexity index is 554. The zero-order valence-corrected chi connectivity index (χ0v) is 11.3. The van der Waals surface area contributed by atoms with Crippen molar-refractivity contribution in [3.8, 4) is 0 Å². The molecule has 0 spiro atoms. The predicted octanol–water partition coefficient (Wildman–Crippen LogP) is 4.67. The first-order valence-corrected chi connectivity index (χ1v) is 6.60. The molecule has 0 radical (unpaired) electrons. The summed E-state index contributed by atoms with van der Waals surface area (Å²) in [7, 11) is 0. The third-order valence-corrected chi connectivity index (χ3v) is 3.40. The van der Waals surface area contributed by atoms with Crippen molar-refractivity contribution in [2.75, 3.05) is 0 Å². The predicted molar refractivity (Wildman–Crippen MR) is 76.9 cm³/mol. The molecule has 1 nitrogen and oxygen atoms in total. The highest BCUT2D eigenvalue weighted by molar-refractivity contribution is 6.22. The van der Waals surface area contributed by atoms with E-state index in [0.717, 1.165) is 29.7 Å². The lowest BCUT2D eigenvalue weighted by molar-refractivity contribution is 0.624. The van der Waals surface area contributed by atoms with E-state index in [0.29, 0.717) is 0 Å². The molecular weight excluding hydrogens is 261 g/mol. The molecule has 0 aliphatic carbocycles. The van der Waals surface area contributed by atoms with E-state index in [9.17, 15) is 4.39 Å². The van der Waals surface area contributed by atoms with Crippen molar-refractivity contribution in [2.45, 2.75) is 18.2 Å². The van der Waals surface area contributed by atoms with Gasteiger partial charge in [0.15, 0.2) is 0 Å². The van der Waals surface area contributed by atoms with Crippen LogP contribution >= 0.6 is 11.6 Å². The highest BCUT2D eigenvalue weighted by Gasteiger charge is 2.16. The highest BCUT2D eigenvalue weighted by atomic mass is 35.5. The maximum Gasteiger partial charge on any atom is 0.123 e. The number of hydrogen-bond donors (Lipinski definition) is 0. The van der Waals surface area contributed by atoms with Gasteiger partial charge in [0.2, 0.25) is 0 Å². The van der Waals surface area contributed by atoms with Gasteiger partial charge in [0.25, 0.3) is 0 Å². The van der Waals surface area contributed by atoms with Crippen molar-refractivity contribution in [1.29, 1.82) is 0 Å². The monoisotopic (exact) mass is 275 g/mol. The lowest BCUT2D eigenvalue weighted by atomic mass is 9.98. The number of halogens is 2. The van der Waals surface area contributed by atoms with Gasteiger partial charge < -0.3 is 0 Å². The average molecular weight is 276 g/mol. The standard InChI is InChI=1S/C16H15ClFN/c1-2-3-6-12-11-13(18)8-9-14(12)16(17)15-7-4-5-10-19-15/h2,4-5,7-11,16H,1,3,6H2. The van der Waals surface area contributed by atoms with Gasteiger partial charge >= 0.3 is 0 Å². The molecule has 1 atom stereocenters. The quantitative estimate of drug-likeness (QED) is 0.571. The number of pyridine rings is 1. The summed E-state index contributed by atoms with van der Waals surface area (Å²) in [6.07, 6.45) is 5.05. The van der Waals surface area contributed by atoms with Crippen molar-refractivity contribution < 1.29 is 4.39 Å². The Morgan fingerprint density at radius 2 is 2.16 bits per heavy atom. The zero-order chi connectivity index (χ0) is 13.7. The molecule has 98 valence electrons. The summed E-state index contributed by atoms with van der Waals surface area (Å²) in [4.78, 5) is 4.25. The number of benzene rings is 1. The lowest BCUT2D eigenvalue weighted by Crippen LogP contribution is -2.01. The van der Waals surface area contributed by atoms with Gasteiger partial charge in [0.1, 0.15) is 11.2 Å². The molecule has 19 heavy (non-hydrogen) atoms. The van der Waals surface area contributed by atoms with Crippen LogP contribution in [0.5, 0.6) is 0 Å². The van der Waals surface area contributed by atoms with Gasteiger partial charge in [-0.1, -0.05) is 18.2 Å². The second kappa shape index (κ2) is 6.48. The van der Waals surface area contributed by atoms with Crippen molar-refractivity contribution in [3.05, 3.63) is 77.9 Å². The Hall–Kier alpha value is -1.67. The fraction of sp³-hybridized carbons (Fsp3) is 0.188. The van der Waals surface area contributed by atoms with Gasteiger partial charge in [-0.2, -0.15) is 0 Å². The summed E-state index contributed by atoms with van der Waals surface area (Å²) in [5.74, 6) is -0.243. The zero-order valence-electron chi connectivity index (χ0n) is 10.5. The van der Waals surface area contributed by atoms with Crippen molar-refractivity contribution >= 4 is 11.6 Å². The number of hydrogen-bond acceptors (Lipinski definition) is 1. The topological polar surface area (TPSA) is 12.9 Å². The number of allylic oxidation sites excluding steroid dienone is 1. The number of aromatic nitrogens is 1. The molecule has 0 fully saturated rings. The van der Waals surface area contributed by atoms with Gasteiger partial charge in [-0.3, -0.25) is 4.98 Å². The molecule has 1 unspecified atom stereocenters. The maximum atomic E-state index is 13.4. The molecule has 1 aromatic heterocycles. The van der Waals surface area contributed by atoms with Crippen LogP contribution in [0.4, 0.5) is 4.39 Å². The fourth-order valence-corrected chi connectivity index (χ4v) is 2.32. The first-order valence-electron chi connectivity index (χ1n) is 6.16. The summed E-state index contributed by atoms with van der Waals surface area (Å²) in [5, 5.41) is -0.360. The molecule has 0 aliphatic rings. The van der Waals surface area contributed by atoms with Crippen molar-refractivity contribution in [2.24, 2.45) is 0 Å². The van der Waals surface area contributed by atoms with E-state index in [1.54, 1.807) is 12.3 Å². The van der Waals surface area contributed by atoms with Crippen molar-refractivity contribution in [3.63, 3.8) is 0 Å². The molecule has 1 aromatic carbocycles. The van der Waals surface area contributed by atoms with Gasteiger partial charge in [-0.25, -0.2) is 4.39 Å². The second-order valence-corrected chi connectivity index (χ2v) is 4.72. The lowest BCUT2D eigenvalue weighted by Gasteiger charge is -2.14. The van der Waals surface area contributed by atoms with Gasteiger partial charge in [-0.15, -0.1) is 18.2 Å². The van der Waals surface area contributed by atoms with Gasteiger partial charge in [0, 0.05) is 6.20 Å². The van der Waals surface area contributed by atoms with E-state index >= 15 is 0 Å². The molecule has 0 saturated heterocycles. The highest BCUT2D eigenvalue weighted by Crippen LogP contribution is 2.30. The minimum absolute atomic E-state index is 0.243. The molecule has 2 aromatic rings. The van der Waals surface area contributed by atoms with Crippen molar-refractivity contribution in [1.82, 2.24) is 4.98 Å². The van der Waals surface area contributed by atoms with Crippen LogP contribution < -0.4 is 0 Å². The Labute approximate surface area is 117 Å². The van der Waals surface area contributed by atoms with Crippen LogP contribution in [-0.4, -0.2) is 4.98 Å². The molecule has 3 heteroatoms. The third-order valence-electron chi connectivity index (χ3n) is 2.94. The molecule has 0 N–H and O–H groups in total. The number of rotatable bonds is 5. The Morgan fingerprint density at radius 1 is 1.32 bits per heavy atom. The van der Waals surface area contributed by atoms with E-state index in [1.807, 2.05) is 24.3 Å². The number of aryl methyl sites for hydroxylation is 1. The van der Waals surface area contributed by atoms with E-state index < -0.39 is 0 Å². The summed E-state index contributed by atoms with van der Waals surface area (Å²) in [6.45, 7) is 3.69. The van der Waals surface area contributed by atoms with Gasteiger partial charge in [-0.05, 0) is 48.2 Å². The van der Waals surface area contributed by atoms with E-state index in [2.05, 4.69) is 11.6 Å². The fourth-order valence-electron chi connectivity index (χ4n) is 1.98. The Morgan fingerprint density at radius 3 is 2.84 bits per heavy atom. The van der Waals surface area contributed by atoms with Crippen LogP contribution in [0.1, 0.15) is 28.6 Å². The molecule has 2 rings (SSSR count). The van der Waals surface area contributed by atoms with Crippen LogP contribution in [0.2, 0.25) is 0 Å².